The van der Waals surface area contributed by atoms with Crippen LogP contribution in [0.1, 0.15) is 18.1 Å². The Hall–Kier alpha value is -2.79. The average Bonchev–Trinajstić information content (AvgIpc) is 2.69. The van der Waals surface area contributed by atoms with Gasteiger partial charge in [0.25, 0.3) is 6.47 Å². The van der Waals surface area contributed by atoms with Crippen LogP contribution in [0.3, 0.4) is 0 Å². The second-order valence-corrected chi connectivity index (χ2v) is 5.69. The quantitative estimate of drug-likeness (QED) is 0.605. The number of ether oxygens (including phenoxy) is 4. The molecule has 5 heteroatoms. The van der Waals surface area contributed by atoms with E-state index in [0.29, 0.717) is 13.1 Å². The molecular formula is C21H24O5. The van der Waals surface area contributed by atoms with Crippen molar-refractivity contribution in [1.29, 1.82) is 0 Å². The lowest BCUT2D eigenvalue weighted by Gasteiger charge is -2.20. The van der Waals surface area contributed by atoms with Crippen molar-refractivity contribution in [2.45, 2.75) is 25.7 Å². The van der Waals surface area contributed by atoms with Gasteiger partial charge < -0.3 is 18.9 Å². The summed E-state index contributed by atoms with van der Waals surface area (Å²) in [7, 11) is 3.26. The minimum absolute atomic E-state index is 0.371. The van der Waals surface area contributed by atoms with E-state index in [1.165, 1.54) is 0 Å². The predicted octanol–water partition coefficient (Wildman–Crippen LogP) is 3.86. The molecule has 0 saturated carbocycles. The van der Waals surface area contributed by atoms with Crippen LogP contribution in [-0.2, 0) is 20.9 Å². The zero-order valence-corrected chi connectivity index (χ0v) is 15.3. The van der Waals surface area contributed by atoms with Crippen molar-refractivity contribution >= 4 is 12.5 Å². The van der Waals surface area contributed by atoms with Crippen LogP contribution in [0.4, 0.5) is 0 Å². The van der Waals surface area contributed by atoms with Crippen LogP contribution in [0.25, 0.3) is 6.08 Å². The molecule has 0 bridgehead atoms. The standard InChI is InChI=1S/C21H24O5/c1-16(26-15-22)21(13-8-17-4-9-19(23-2)10-5-17)25-14-18-6-11-20(24-3)12-7-18/h4-13,15-16,21H,14H2,1-3H3/b13-8+/t16-,21-/m0/s1. The summed E-state index contributed by atoms with van der Waals surface area (Å²) in [6, 6.07) is 15.3. The molecule has 0 N–H and O–H groups in total. The third-order valence-corrected chi connectivity index (χ3v) is 3.93. The highest BCUT2D eigenvalue weighted by Crippen LogP contribution is 2.16. The SMILES string of the molecule is COc1ccc(/C=C/[C@H](OCc2ccc(OC)cc2)[C@H](C)OC=O)cc1. The molecule has 26 heavy (non-hydrogen) atoms. The fourth-order valence-electron chi connectivity index (χ4n) is 2.35. The lowest BCUT2D eigenvalue weighted by Crippen LogP contribution is -2.26. The molecule has 0 radical (unpaired) electrons. The van der Waals surface area contributed by atoms with Gasteiger partial charge in [0.05, 0.1) is 20.8 Å². The molecule has 138 valence electrons. The van der Waals surface area contributed by atoms with Crippen LogP contribution in [0, 0.1) is 0 Å². The van der Waals surface area contributed by atoms with E-state index in [1.807, 2.05) is 60.7 Å². The number of rotatable bonds is 10. The smallest absolute Gasteiger partial charge is 0.293 e. The van der Waals surface area contributed by atoms with E-state index in [2.05, 4.69) is 0 Å². The highest BCUT2D eigenvalue weighted by Gasteiger charge is 2.16. The van der Waals surface area contributed by atoms with Gasteiger partial charge in [-0.2, -0.15) is 0 Å². The predicted molar refractivity (Wildman–Crippen MR) is 100 cm³/mol. The maximum Gasteiger partial charge on any atom is 0.293 e. The van der Waals surface area contributed by atoms with E-state index in [9.17, 15) is 4.79 Å². The van der Waals surface area contributed by atoms with E-state index < -0.39 is 6.10 Å². The fourth-order valence-corrected chi connectivity index (χ4v) is 2.35. The van der Waals surface area contributed by atoms with Crippen molar-refractivity contribution < 1.29 is 23.7 Å². The first kappa shape index (κ1) is 19.5. The molecule has 0 fully saturated rings. The number of carbonyl (C=O) groups excluding carboxylic acids is 1. The maximum atomic E-state index is 10.7. The third kappa shape index (κ3) is 5.93. The monoisotopic (exact) mass is 356 g/mol. The first-order chi connectivity index (χ1) is 12.7. The first-order valence-electron chi connectivity index (χ1n) is 8.32. The largest absolute Gasteiger partial charge is 0.497 e. The Morgan fingerprint density at radius 1 is 0.923 bits per heavy atom. The normalized spacial score (nSPS) is 13.2. The zero-order chi connectivity index (χ0) is 18.8. The Bertz CT molecular complexity index is 691. The van der Waals surface area contributed by atoms with Gasteiger partial charge in [0.1, 0.15) is 23.7 Å². The van der Waals surface area contributed by atoms with Crippen molar-refractivity contribution in [1.82, 2.24) is 0 Å². The van der Waals surface area contributed by atoms with E-state index in [-0.39, 0.29) is 6.10 Å². The number of benzene rings is 2. The van der Waals surface area contributed by atoms with E-state index >= 15 is 0 Å². The zero-order valence-electron chi connectivity index (χ0n) is 15.3. The van der Waals surface area contributed by atoms with E-state index in [1.54, 1.807) is 21.1 Å². The summed E-state index contributed by atoms with van der Waals surface area (Å²) in [5.74, 6) is 1.59. The average molecular weight is 356 g/mol. The number of carbonyl (C=O) groups is 1. The van der Waals surface area contributed by atoms with Crippen molar-refractivity contribution in [3.05, 3.63) is 65.7 Å². The molecule has 2 rings (SSSR count). The van der Waals surface area contributed by atoms with Gasteiger partial charge in [-0.25, -0.2) is 0 Å². The van der Waals surface area contributed by atoms with Crippen LogP contribution >= 0.6 is 0 Å². The van der Waals surface area contributed by atoms with Crippen molar-refractivity contribution in [2.24, 2.45) is 0 Å². The Labute approximate surface area is 154 Å². The molecule has 0 aliphatic heterocycles. The lowest BCUT2D eigenvalue weighted by atomic mass is 10.1. The van der Waals surface area contributed by atoms with Crippen molar-refractivity contribution in [3.8, 4) is 11.5 Å². The summed E-state index contributed by atoms with van der Waals surface area (Å²) in [5, 5.41) is 0. The van der Waals surface area contributed by atoms with Gasteiger partial charge in [-0.15, -0.1) is 0 Å². The molecular weight excluding hydrogens is 332 g/mol. The van der Waals surface area contributed by atoms with Gasteiger partial charge in [0.15, 0.2) is 0 Å². The van der Waals surface area contributed by atoms with Crippen LogP contribution in [0.5, 0.6) is 11.5 Å². The summed E-state index contributed by atoms with van der Waals surface area (Å²) in [5.41, 5.74) is 2.01. The molecule has 0 aliphatic carbocycles. The van der Waals surface area contributed by atoms with Gasteiger partial charge in [0.2, 0.25) is 0 Å². The third-order valence-electron chi connectivity index (χ3n) is 3.93. The first-order valence-corrected chi connectivity index (χ1v) is 8.32. The summed E-state index contributed by atoms with van der Waals surface area (Å²) < 4.78 is 21.3. The lowest BCUT2D eigenvalue weighted by molar-refractivity contribution is -0.138. The van der Waals surface area contributed by atoms with Crippen LogP contribution in [0.2, 0.25) is 0 Å². The highest BCUT2D eigenvalue weighted by molar-refractivity contribution is 5.51. The Balaban J connectivity index is 2.03. The Morgan fingerprint density at radius 3 is 2.04 bits per heavy atom. The van der Waals surface area contributed by atoms with Crippen molar-refractivity contribution in [2.75, 3.05) is 14.2 Å². The van der Waals surface area contributed by atoms with Gasteiger partial charge >= 0.3 is 0 Å². The molecule has 0 aliphatic rings. The van der Waals surface area contributed by atoms with Crippen molar-refractivity contribution in [3.63, 3.8) is 0 Å². The number of hydrogen-bond donors (Lipinski definition) is 0. The molecule has 0 heterocycles. The molecule has 2 aromatic rings. The topological polar surface area (TPSA) is 54.0 Å². The molecule has 0 aromatic heterocycles. The van der Waals surface area contributed by atoms with Gasteiger partial charge in [-0.1, -0.05) is 36.4 Å². The molecule has 2 atom stereocenters. The fraction of sp³-hybridized carbons (Fsp3) is 0.286. The minimum atomic E-state index is -0.403. The minimum Gasteiger partial charge on any atom is -0.497 e. The molecule has 0 saturated heterocycles. The molecule has 0 unspecified atom stereocenters. The van der Waals surface area contributed by atoms with Gasteiger partial charge in [-0.05, 0) is 42.3 Å². The summed E-state index contributed by atoms with van der Waals surface area (Å²) in [4.78, 5) is 10.7. The summed E-state index contributed by atoms with van der Waals surface area (Å²) in [6.45, 7) is 2.63. The second-order valence-electron chi connectivity index (χ2n) is 5.69. The van der Waals surface area contributed by atoms with E-state index in [4.69, 9.17) is 18.9 Å². The van der Waals surface area contributed by atoms with Crippen LogP contribution < -0.4 is 9.47 Å². The second kappa shape index (κ2) is 10.3. The van der Waals surface area contributed by atoms with Gasteiger partial charge in [-0.3, -0.25) is 4.79 Å². The Kier molecular flexibility index (Phi) is 7.71. The van der Waals surface area contributed by atoms with E-state index in [0.717, 1.165) is 22.6 Å². The van der Waals surface area contributed by atoms with Crippen LogP contribution in [-0.4, -0.2) is 32.9 Å². The number of methoxy groups -OCH3 is 2. The molecule has 2 aromatic carbocycles. The molecule has 0 spiro atoms. The summed E-state index contributed by atoms with van der Waals surface area (Å²) in [6.07, 6.45) is 3.05. The summed E-state index contributed by atoms with van der Waals surface area (Å²) >= 11 is 0. The molecule has 0 amide bonds. The molecule has 5 nitrogen and oxygen atoms in total. The maximum absolute atomic E-state index is 10.7. The van der Waals surface area contributed by atoms with Crippen LogP contribution in [0.15, 0.2) is 54.6 Å². The Morgan fingerprint density at radius 2 is 1.50 bits per heavy atom. The van der Waals surface area contributed by atoms with Gasteiger partial charge in [0, 0.05) is 0 Å². The number of hydrogen-bond acceptors (Lipinski definition) is 5. The highest BCUT2D eigenvalue weighted by atomic mass is 16.6.